The van der Waals surface area contributed by atoms with Crippen LogP contribution >= 0.6 is 11.6 Å². The maximum atomic E-state index is 12.7. The van der Waals surface area contributed by atoms with Crippen LogP contribution in [0.4, 0.5) is 0 Å². The summed E-state index contributed by atoms with van der Waals surface area (Å²) in [5.74, 6) is 0.547. The molecule has 4 aromatic rings. The summed E-state index contributed by atoms with van der Waals surface area (Å²) in [6, 6.07) is 15.4. The Labute approximate surface area is 196 Å². The lowest BCUT2D eigenvalue weighted by Gasteiger charge is -2.06. The van der Waals surface area contributed by atoms with Gasteiger partial charge in [0.05, 0.1) is 24.4 Å². The Bertz CT molecular complexity index is 1260. The highest BCUT2D eigenvalue weighted by Gasteiger charge is 2.23. The molecule has 0 saturated heterocycles. The number of halogens is 1. The van der Waals surface area contributed by atoms with Gasteiger partial charge in [-0.2, -0.15) is 10.1 Å². The standard InChI is InChI=1S/C24H23ClN4O4/c1-4-31-19-8-6-5-7-18(19)23-26-20(33-28-23)14-32-24(30)21-16(3)27-29(22(21)25)13-17-11-9-15(2)10-12-17/h5-12H,4,13-14H2,1-3H3. The number of aromatic nitrogens is 4. The second kappa shape index (κ2) is 9.87. The van der Waals surface area contributed by atoms with E-state index in [0.717, 1.165) is 11.1 Å². The molecule has 0 aliphatic rings. The van der Waals surface area contributed by atoms with Crippen LogP contribution in [0.5, 0.6) is 5.75 Å². The average molecular weight is 467 g/mol. The fraction of sp³-hybridized carbons (Fsp3) is 0.250. The summed E-state index contributed by atoms with van der Waals surface area (Å²) in [5, 5.41) is 8.58. The summed E-state index contributed by atoms with van der Waals surface area (Å²) < 4.78 is 17.8. The molecule has 0 unspecified atom stereocenters. The van der Waals surface area contributed by atoms with E-state index in [9.17, 15) is 4.79 Å². The quantitative estimate of drug-likeness (QED) is 0.337. The smallest absolute Gasteiger partial charge is 0.343 e. The van der Waals surface area contributed by atoms with Crippen LogP contribution in [0.25, 0.3) is 11.4 Å². The van der Waals surface area contributed by atoms with Gasteiger partial charge in [0.2, 0.25) is 5.82 Å². The Kier molecular flexibility index (Phi) is 6.74. The van der Waals surface area contributed by atoms with E-state index in [1.165, 1.54) is 0 Å². The van der Waals surface area contributed by atoms with Crippen LogP contribution in [-0.2, 0) is 17.9 Å². The average Bonchev–Trinajstić information content (AvgIpc) is 3.38. The van der Waals surface area contributed by atoms with E-state index in [4.69, 9.17) is 25.6 Å². The first-order valence-corrected chi connectivity index (χ1v) is 10.8. The van der Waals surface area contributed by atoms with Crippen LogP contribution in [0, 0.1) is 13.8 Å². The second-order valence-corrected chi connectivity index (χ2v) is 7.77. The largest absolute Gasteiger partial charge is 0.493 e. The molecule has 9 heteroatoms. The second-order valence-electron chi connectivity index (χ2n) is 7.41. The highest BCUT2D eigenvalue weighted by molar-refractivity contribution is 6.32. The summed E-state index contributed by atoms with van der Waals surface area (Å²) in [6.07, 6.45) is 0. The van der Waals surface area contributed by atoms with Crippen LogP contribution in [0.3, 0.4) is 0 Å². The Balaban J connectivity index is 1.45. The predicted octanol–water partition coefficient (Wildman–Crippen LogP) is 5.01. The third kappa shape index (κ3) is 5.06. The van der Waals surface area contributed by atoms with Crippen molar-refractivity contribution < 1.29 is 18.8 Å². The normalized spacial score (nSPS) is 10.9. The number of hydrogen-bond donors (Lipinski definition) is 0. The van der Waals surface area contributed by atoms with E-state index in [1.807, 2.05) is 62.4 Å². The van der Waals surface area contributed by atoms with Crippen LogP contribution in [0.1, 0.15) is 40.0 Å². The number of rotatable bonds is 8. The first-order chi connectivity index (χ1) is 16.0. The van der Waals surface area contributed by atoms with Crippen LogP contribution < -0.4 is 4.74 Å². The van der Waals surface area contributed by atoms with Gasteiger partial charge in [-0.15, -0.1) is 0 Å². The van der Waals surface area contributed by atoms with Gasteiger partial charge in [-0.05, 0) is 38.5 Å². The van der Waals surface area contributed by atoms with E-state index in [0.29, 0.717) is 36.0 Å². The number of ether oxygens (including phenoxy) is 2. The molecule has 0 N–H and O–H groups in total. The minimum Gasteiger partial charge on any atom is -0.493 e. The zero-order valence-electron chi connectivity index (χ0n) is 18.5. The molecule has 0 aliphatic carbocycles. The molecule has 2 aromatic carbocycles. The van der Waals surface area contributed by atoms with Crippen molar-refractivity contribution in [1.82, 2.24) is 19.9 Å². The van der Waals surface area contributed by atoms with Crippen LogP contribution in [-0.4, -0.2) is 32.5 Å². The number of hydrogen-bond acceptors (Lipinski definition) is 7. The van der Waals surface area contributed by atoms with Gasteiger partial charge in [-0.1, -0.05) is 58.7 Å². The SMILES string of the molecule is CCOc1ccccc1-c1noc(COC(=O)c2c(C)nn(Cc3ccc(C)cc3)c2Cl)n1. The molecule has 0 radical (unpaired) electrons. The number of aryl methyl sites for hydroxylation is 2. The van der Waals surface area contributed by atoms with Crippen molar-refractivity contribution in [2.24, 2.45) is 0 Å². The van der Waals surface area contributed by atoms with Gasteiger partial charge in [-0.25, -0.2) is 9.48 Å². The summed E-state index contributed by atoms with van der Waals surface area (Å²) >= 11 is 6.45. The first kappa shape index (κ1) is 22.5. The zero-order chi connectivity index (χ0) is 23.4. The molecule has 2 heterocycles. The van der Waals surface area contributed by atoms with Crippen molar-refractivity contribution in [3.05, 3.63) is 82.0 Å². The molecule has 0 fully saturated rings. The van der Waals surface area contributed by atoms with Crippen LogP contribution in [0.15, 0.2) is 53.1 Å². The van der Waals surface area contributed by atoms with E-state index in [-0.39, 0.29) is 23.2 Å². The molecule has 170 valence electrons. The van der Waals surface area contributed by atoms with Gasteiger partial charge < -0.3 is 14.0 Å². The minimum atomic E-state index is -0.609. The van der Waals surface area contributed by atoms with Crippen molar-refractivity contribution in [2.75, 3.05) is 6.61 Å². The van der Waals surface area contributed by atoms with Crippen molar-refractivity contribution in [3.63, 3.8) is 0 Å². The van der Waals surface area contributed by atoms with E-state index >= 15 is 0 Å². The fourth-order valence-electron chi connectivity index (χ4n) is 3.31. The highest BCUT2D eigenvalue weighted by atomic mass is 35.5. The molecular weight excluding hydrogens is 444 g/mol. The van der Waals surface area contributed by atoms with E-state index < -0.39 is 5.97 Å². The number of nitrogens with zero attached hydrogens (tertiary/aromatic N) is 4. The third-order valence-electron chi connectivity index (χ3n) is 4.95. The molecule has 8 nitrogen and oxygen atoms in total. The summed E-state index contributed by atoms with van der Waals surface area (Å²) in [7, 11) is 0. The number of esters is 1. The van der Waals surface area contributed by atoms with Gasteiger partial charge in [0, 0.05) is 0 Å². The lowest BCUT2D eigenvalue weighted by Crippen LogP contribution is -2.07. The lowest BCUT2D eigenvalue weighted by molar-refractivity contribution is 0.0429. The zero-order valence-corrected chi connectivity index (χ0v) is 19.3. The van der Waals surface area contributed by atoms with Gasteiger partial charge in [0.1, 0.15) is 16.5 Å². The predicted molar refractivity (Wildman–Crippen MR) is 122 cm³/mol. The van der Waals surface area contributed by atoms with Crippen molar-refractivity contribution in [3.8, 4) is 17.1 Å². The number of carbonyl (C=O) groups excluding carboxylic acids is 1. The Morgan fingerprint density at radius 3 is 2.64 bits per heavy atom. The third-order valence-corrected chi connectivity index (χ3v) is 5.33. The summed E-state index contributed by atoms with van der Waals surface area (Å²) in [4.78, 5) is 17.0. The van der Waals surface area contributed by atoms with E-state index in [2.05, 4.69) is 15.2 Å². The molecule has 33 heavy (non-hydrogen) atoms. The summed E-state index contributed by atoms with van der Waals surface area (Å²) in [5.41, 5.74) is 3.57. The monoisotopic (exact) mass is 466 g/mol. The Hall–Kier alpha value is -3.65. The maximum absolute atomic E-state index is 12.7. The van der Waals surface area contributed by atoms with Crippen molar-refractivity contribution in [2.45, 2.75) is 33.9 Å². The lowest BCUT2D eigenvalue weighted by atomic mass is 10.1. The van der Waals surface area contributed by atoms with Crippen molar-refractivity contribution in [1.29, 1.82) is 0 Å². The molecule has 0 saturated carbocycles. The molecule has 0 atom stereocenters. The molecule has 0 bridgehead atoms. The molecule has 0 spiro atoms. The highest BCUT2D eigenvalue weighted by Crippen LogP contribution is 2.28. The van der Waals surface area contributed by atoms with Crippen LogP contribution in [0.2, 0.25) is 5.15 Å². The topological polar surface area (TPSA) is 92.3 Å². The first-order valence-electron chi connectivity index (χ1n) is 10.5. The molecule has 2 aromatic heterocycles. The minimum absolute atomic E-state index is 0.158. The van der Waals surface area contributed by atoms with Gasteiger partial charge in [-0.3, -0.25) is 0 Å². The van der Waals surface area contributed by atoms with Gasteiger partial charge >= 0.3 is 5.97 Å². The number of benzene rings is 2. The van der Waals surface area contributed by atoms with E-state index in [1.54, 1.807) is 11.6 Å². The van der Waals surface area contributed by atoms with Crippen molar-refractivity contribution >= 4 is 17.6 Å². The maximum Gasteiger partial charge on any atom is 0.343 e. The van der Waals surface area contributed by atoms with Gasteiger partial charge in [0.15, 0.2) is 6.61 Å². The number of para-hydroxylation sites is 1. The fourth-order valence-corrected chi connectivity index (χ4v) is 3.62. The summed E-state index contributed by atoms with van der Waals surface area (Å²) in [6.45, 7) is 6.39. The number of carbonyl (C=O) groups is 1. The van der Waals surface area contributed by atoms with Gasteiger partial charge in [0.25, 0.3) is 5.89 Å². The molecule has 4 rings (SSSR count). The Morgan fingerprint density at radius 2 is 1.88 bits per heavy atom. The molecule has 0 amide bonds. The molecular formula is C24H23ClN4O4. The Morgan fingerprint density at radius 1 is 1.12 bits per heavy atom. The molecule has 0 aliphatic heterocycles.